The maximum atomic E-state index is 12.6. The molecule has 2 aromatic carbocycles. The quantitative estimate of drug-likeness (QED) is 0.597. The number of benzene rings is 2. The summed E-state index contributed by atoms with van der Waals surface area (Å²) in [6.45, 7) is 0. The molecule has 8 nitrogen and oxygen atoms in total. The Balaban J connectivity index is 1.93. The lowest BCUT2D eigenvalue weighted by molar-refractivity contribution is 0.0696. The van der Waals surface area contributed by atoms with Crippen LogP contribution in [0.3, 0.4) is 0 Å². The average molecular weight is 375 g/mol. The van der Waals surface area contributed by atoms with Gasteiger partial charge in [-0.15, -0.1) is 0 Å². The molecule has 0 atom stereocenters. The highest BCUT2D eigenvalue weighted by Crippen LogP contribution is 2.28. The van der Waals surface area contributed by atoms with Crippen molar-refractivity contribution in [3.63, 3.8) is 0 Å². The van der Waals surface area contributed by atoms with Crippen LogP contribution in [0.15, 0.2) is 59.4 Å². The molecule has 138 valence electrons. The molecule has 0 radical (unpaired) electrons. The lowest BCUT2D eigenvalue weighted by Crippen LogP contribution is -2.24. The number of amides is 2. The lowest BCUT2D eigenvalue weighted by Gasteiger charge is -2.13. The van der Waals surface area contributed by atoms with Gasteiger partial charge in [-0.1, -0.05) is 30.3 Å². The minimum atomic E-state index is -1.08. The van der Waals surface area contributed by atoms with Crippen LogP contribution in [0.4, 0.5) is 5.82 Å². The molecule has 8 heteroatoms. The normalized spacial score (nSPS) is 12.6. The molecule has 3 aromatic rings. The van der Waals surface area contributed by atoms with Crippen LogP contribution in [0.5, 0.6) is 0 Å². The van der Waals surface area contributed by atoms with Crippen LogP contribution >= 0.6 is 0 Å². The highest BCUT2D eigenvalue weighted by Gasteiger charge is 2.31. The number of nitrogens with one attached hydrogen (secondary N) is 1. The van der Waals surface area contributed by atoms with E-state index in [1.54, 1.807) is 42.5 Å². The van der Waals surface area contributed by atoms with Crippen LogP contribution in [0.2, 0.25) is 0 Å². The number of carbonyl (C=O) groups is 3. The second-order valence-corrected chi connectivity index (χ2v) is 6.18. The standard InChI is InChI=1S/C20H13N3O5/c21-17-16-14(18(25)22-19(16)26)9-15(24)23(17)11-5-3-4-10(8-11)12-6-1-2-7-13(12)20(27)28/h1-9H,21H2,(H,27,28)(H,22,25,26). The van der Waals surface area contributed by atoms with Crippen LogP contribution in [0.25, 0.3) is 16.8 Å². The van der Waals surface area contributed by atoms with Crippen molar-refractivity contribution in [1.29, 1.82) is 0 Å². The maximum Gasteiger partial charge on any atom is 0.336 e. The zero-order valence-electron chi connectivity index (χ0n) is 14.3. The van der Waals surface area contributed by atoms with Crippen molar-refractivity contribution in [3.8, 4) is 16.8 Å². The first-order valence-corrected chi connectivity index (χ1v) is 8.23. The molecule has 0 saturated heterocycles. The number of pyridine rings is 1. The first-order valence-electron chi connectivity index (χ1n) is 8.23. The van der Waals surface area contributed by atoms with Crippen molar-refractivity contribution in [3.05, 3.63) is 81.6 Å². The second kappa shape index (κ2) is 6.20. The van der Waals surface area contributed by atoms with Crippen molar-refractivity contribution in [1.82, 2.24) is 9.88 Å². The molecule has 0 bridgehead atoms. The topological polar surface area (TPSA) is 131 Å². The number of aromatic carboxylic acids is 1. The molecule has 28 heavy (non-hydrogen) atoms. The van der Waals surface area contributed by atoms with E-state index in [1.807, 2.05) is 0 Å². The predicted octanol–water partition coefficient (Wildman–Crippen LogP) is 1.67. The summed E-state index contributed by atoms with van der Waals surface area (Å²) < 4.78 is 1.11. The molecule has 0 saturated carbocycles. The van der Waals surface area contributed by atoms with Gasteiger partial charge in [0.2, 0.25) is 0 Å². The fraction of sp³-hybridized carbons (Fsp3) is 0. The summed E-state index contributed by atoms with van der Waals surface area (Å²) in [5, 5.41) is 11.5. The van der Waals surface area contributed by atoms with Gasteiger partial charge in [0.1, 0.15) is 5.82 Å². The number of imide groups is 1. The minimum Gasteiger partial charge on any atom is -0.478 e. The van der Waals surface area contributed by atoms with Crippen LogP contribution in [-0.2, 0) is 0 Å². The van der Waals surface area contributed by atoms with Crippen LogP contribution in [-0.4, -0.2) is 27.5 Å². The van der Waals surface area contributed by atoms with Crippen LogP contribution in [0.1, 0.15) is 31.1 Å². The molecular weight excluding hydrogens is 362 g/mol. The highest BCUT2D eigenvalue weighted by atomic mass is 16.4. The maximum absolute atomic E-state index is 12.6. The first-order chi connectivity index (χ1) is 13.4. The Morgan fingerprint density at radius 3 is 2.43 bits per heavy atom. The Kier molecular flexibility index (Phi) is 3.82. The molecule has 0 fully saturated rings. The third-order valence-corrected chi connectivity index (χ3v) is 4.53. The molecule has 2 heterocycles. The number of hydrogen-bond acceptors (Lipinski definition) is 5. The molecule has 0 aliphatic carbocycles. The summed E-state index contributed by atoms with van der Waals surface area (Å²) in [4.78, 5) is 47.9. The van der Waals surface area contributed by atoms with Crippen molar-refractivity contribution in [2.75, 3.05) is 5.73 Å². The summed E-state index contributed by atoms with van der Waals surface area (Å²) in [5.41, 5.74) is 6.83. The van der Waals surface area contributed by atoms with Crippen molar-refractivity contribution in [2.24, 2.45) is 0 Å². The number of nitrogen functional groups attached to an aromatic ring is 1. The molecule has 4 rings (SSSR count). The zero-order chi connectivity index (χ0) is 20.0. The number of fused-ring (bicyclic) bond motifs is 1. The van der Waals surface area contributed by atoms with Crippen molar-refractivity contribution >= 4 is 23.6 Å². The Bertz CT molecular complexity index is 1240. The fourth-order valence-corrected chi connectivity index (χ4v) is 3.28. The molecule has 0 unspecified atom stereocenters. The van der Waals surface area contributed by atoms with E-state index in [2.05, 4.69) is 5.32 Å². The Labute approximate surface area is 157 Å². The SMILES string of the molecule is Nc1c2c(cc(=O)n1-c1cccc(-c3ccccc3C(=O)O)c1)C(=O)NC2=O. The van der Waals surface area contributed by atoms with Gasteiger partial charge < -0.3 is 10.8 Å². The van der Waals surface area contributed by atoms with Gasteiger partial charge in [0.05, 0.1) is 22.4 Å². The number of nitrogens with two attached hydrogens (primary N) is 1. The Hall–Kier alpha value is -4.20. The smallest absolute Gasteiger partial charge is 0.336 e. The summed E-state index contributed by atoms with van der Waals surface area (Å²) >= 11 is 0. The monoisotopic (exact) mass is 375 g/mol. The average Bonchev–Trinajstić information content (AvgIpc) is 2.95. The van der Waals surface area contributed by atoms with E-state index in [4.69, 9.17) is 5.73 Å². The molecule has 0 spiro atoms. The number of carbonyl (C=O) groups excluding carboxylic acids is 2. The third kappa shape index (κ3) is 2.55. The Morgan fingerprint density at radius 1 is 0.929 bits per heavy atom. The zero-order valence-corrected chi connectivity index (χ0v) is 14.3. The van der Waals surface area contributed by atoms with Gasteiger partial charge in [0.25, 0.3) is 17.4 Å². The summed E-state index contributed by atoms with van der Waals surface area (Å²) in [6, 6.07) is 14.1. The van der Waals surface area contributed by atoms with E-state index in [0.29, 0.717) is 16.8 Å². The minimum absolute atomic E-state index is 0.0547. The van der Waals surface area contributed by atoms with Crippen molar-refractivity contribution in [2.45, 2.75) is 0 Å². The third-order valence-electron chi connectivity index (χ3n) is 4.53. The van der Waals surface area contributed by atoms with Crippen molar-refractivity contribution < 1.29 is 19.5 Å². The van der Waals surface area contributed by atoms with Gasteiger partial charge >= 0.3 is 5.97 Å². The molecule has 4 N–H and O–H groups in total. The molecule has 2 amide bonds. The lowest BCUT2D eigenvalue weighted by atomic mass is 9.99. The molecule has 1 aliphatic heterocycles. The number of hydrogen-bond donors (Lipinski definition) is 3. The van der Waals surface area contributed by atoms with E-state index in [1.165, 1.54) is 6.07 Å². The second-order valence-electron chi connectivity index (χ2n) is 6.18. The van der Waals surface area contributed by atoms with Crippen LogP contribution in [0, 0.1) is 0 Å². The van der Waals surface area contributed by atoms with Gasteiger partial charge in [-0.2, -0.15) is 0 Å². The van der Waals surface area contributed by atoms with Gasteiger partial charge in [-0.05, 0) is 29.3 Å². The van der Waals surface area contributed by atoms with Gasteiger partial charge in [-0.3, -0.25) is 24.3 Å². The highest BCUT2D eigenvalue weighted by molar-refractivity contribution is 6.23. The van der Waals surface area contributed by atoms with Gasteiger partial charge in [-0.25, -0.2) is 4.79 Å². The van der Waals surface area contributed by atoms with E-state index in [0.717, 1.165) is 10.6 Å². The van der Waals surface area contributed by atoms with E-state index in [9.17, 15) is 24.3 Å². The number of carboxylic acid groups (broad SMARTS) is 1. The van der Waals surface area contributed by atoms with E-state index in [-0.39, 0.29) is 22.5 Å². The Morgan fingerprint density at radius 2 is 1.68 bits per heavy atom. The van der Waals surface area contributed by atoms with E-state index >= 15 is 0 Å². The first kappa shape index (κ1) is 17.2. The van der Waals surface area contributed by atoms with Crippen LogP contribution < -0.4 is 16.6 Å². The molecule has 1 aliphatic rings. The molecule has 1 aromatic heterocycles. The number of aromatic nitrogens is 1. The summed E-state index contributed by atoms with van der Waals surface area (Å²) in [5.74, 6) is -2.57. The number of nitrogens with zero attached hydrogens (tertiary/aromatic N) is 1. The largest absolute Gasteiger partial charge is 0.478 e. The number of anilines is 1. The summed E-state index contributed by atoms with van der Waals surface area (Å²) in [6.07, 6.45) is 0. The predicted molar refractivity (Wildman–Crippen MR) is 101 cm³/mol. The van der Waals surface area contributed by atoms with Gasteiger partial charge in [0, 0.05) is 6.07 Å². The van der Waals surface area contributed by atoms with E-state index < -0.39 is 23.3 Å². The van der Waals surface area contributed by atoms with Gasteiger partial charge in [0.15, 0.2) is 0 Å². The number of rotatable bonds is 3. The summed E-state index contributed by atoms with van der Waals surface area (Å²) in [7, 11) is 0. The molecular formula is C20H13N3O5. The number of carboxylic acids is 1. The fourth-order valence-electron chi connectivity index (χ4n) is 3.28.